The maximum atomic E-state index is 12.6. The standard InChI is InChI=1S/C22H34N6O2/c1-13-8-18(9-14(2)30-13)22-15(3)27-28(16(22)4)12-21(29)26-20-7-6-17(11-25-20)19(10-23)24-5/h6-7,10-11,13-14,16,18,22,24H,8-9,12,23H2,1-5H3,(H,25,26,29)/b19-10-. The molecule has 1 saturated heterocycles. The average molecular weight is 415 g/mol. The molecule has 4 unspecified atom stereocenters. The Bertz CT molecular complexity index is 796. The zero-order chi connectivity index (χ0) is 21.8. The lowest BCUT2D eigenvalue weighted by Crippen LogP contribution is -2.42. The second-order valence-corrected chi connectivity index (χ2v) is 8.40. The van der Waals surface area contributed by atoms with E-state index >= 15 is 0 Å². The van der Waals surface area contributed by atoms with Crippen LogP contribution < -0.4 is 16.4 Å². The third-order valence-corrected chi connectivity index (χ3v) is 6.08. The normalized spacial score (nSPS) is 29.5. The first-order chi connectivity index (χ1) is 14.3. The van der Waals surface area contributed by atoms with E-state index in [-0.39, 0.29) is 30.7 Å². The summed E-state index contributed by atoms with van der Waals surface area (Å²) in [5.41, 5.74) is 8.32. The lowest BCUT2D eigenvalue weighted by molar-refractivity contribution is -0.118. The van der Waals surface area contributed by atoms with Crippen molar-refractivity contribution in [2.75, 3.05) is 18.9 Å². The molecule has 0 saturated carbocycles. The molecule has 30 heavy (non-hydrogen) atoms. The van der Waals surface area contributed by atoms with Gasteiger partial charge in [-0.1, -0.05) is 0 Å². The van der Waals surface area contributed by atoms with E-state index in [9.17, 15) is 4.79 Å². The minimum atomic E-state index is -0.128. The molecule has 3 rings (SSSR count). The van der Waals surface area contributed by atoms with Crippen molar-refractivity contribution in [1.29, 1.82) is 0 Å². The van der Waals surface area contributed by atoms with Gasteiger partial charge in [0.05, 0.1) is 23.9 Å². The van der Waals surface area contributed by atoms with Gasteiger partial charge >= 0.3 is 0 Å². The van der Waals surface area contributed by atoms with Crippen molar-refractivity contribution in [1.82, 2.24) is 15.3 Å². The number of nitrogens with two attached hydrogens (primary N) is 1. The van der Waals surface area contributed by atoms with Gasteiger partial charge in [0.15, 0.2) is 0 Å². The van der Waals surface area contributed by atoms with Gasteiger partial charge in [-0.3, -0.25) is 9.80 Å². The molecule has 0 radical (unpaired) electrons. The first kappa shape index (κ1) is 22.1. The molecule has 2 aliphatic rings. The van der Waals surface area contributed by atoms with E-state index < -0.39 is 0 Å². The van der Waals surface area contributed by atoms with Crippen LogP contribution >= 0.6 is 0 Å². The van der Waals surface area contributed by atoms with E-state index in [4.69, 9.17) is 15.6 Å². The van der Waals surface area contributed by atoms with Crippen molar-refractivity contribution in [2.45, 2.75) is 58.8 Å². The van der Waals surface area contributed by atoms with Crippen LogP contribution in [0.5, 0.6) is 0 Å². The van der Waals surface area contributed by atoms with Gasteiger partial charge < -0.3 is 21.1 Å². The summed E-state index contributed by atoms with van der Waals surface area (Å²) >= 11 is 0. The van der Waals surface area contributed by atoms with Crippen LogP contribution in [-0.4, -0.2) is 53.5 Å². The fraction of sp³-hybridized carbons (Fsp3) is 0.591. The Labute approximate surface area is 178 Å². The summed E-state index contributed by atoms with van der Waals surface area (Å²) in [4.78, 5) is 16.9. The van der Waals surface area contributed by atoms with Crippen LogP contribution in [0.1, 0.15) is 46.1 Å². The highest BCUT2D eigenvalue weighted by Gasteiger charge is 2.40. The highest BCUT2D eigenvalue weighted by molar-refractivity contribution is 5.92. The zero-order valence-electron chi connectivity index (χ0n) is 18.6. The smallest absolute Gasteiger partial charge is 0.246 e. The number of nitrogens with zero attached hydrogens (tertiary/aromatic N) is 3. The Kier molecular flexibility index (Phi) is 6.97. The van der Waals surface area contributed by atoms with E-state index in [0.29, 0.717) is 17.7 Å². The molecule has 1 amide bonds. The lowest BCUT2D eigenvalue weighted by Gasteiger charge is -2.37. The van der Waals surface area contributed by atoms with Gasteiger partial charge in [0, 0.05) is 36.6 Å². The summed E-state index contributed by atoms with van der Waals surface area (Å²) in [5, 5.41) is 12.5. The third-order valence-electron chi connectivity index (χ3n) is 6.08. The molecule has 1 fully saturated rings. The number of carbonyl (C=O) groups excluding carboxylic acids is 1. The van der Waals surface area contributed by atoms with Crippen molar-refractivity contribution in [2.24, 2.45) is 22.7 Å². The molecule has 3 heterocycles. The highest BCUT2D eigenvalue weighted by atomic mass is 16.5. The van der Waals surface area contributed by atoms with Gasteiger partial charge in [-0.15, -0.1) is 0 Å². The fourth-order valence-corrected chi connectivity index (χ4v) is 4.84. The molecule has 0 aromatic carbocycles. The van der Waals surface area contributed by atoms with E-state index in [1.165, 1.54) is 6.20 Å². The Morgan fingerprint density at radius 3 is 2.57 bits per heavy atom. The van der Waals surface area contributed by atoms with E-state index in [1.807, 2.05) is 11.1 Å². The number of pyridine rings is 1. The molecule has 0 spiro atoms. The van der Waals surface area contributed by atoms with Crippen molar-refractivity contribution in [3.63, 3.8) is 0 Å². The summed E-state index contributed by atoms with van der Waals surface area (Å²) in [6, 6.07) is 3.81. The van der Waals surface area contributed by atoms with Crippen molar-refractivity contribution >= 4 is 23.1 Å². The van der Waals surface area contributed by atoms with Gasteiger partial charge in [0.25, 0.3) is 0 Å². The van der Waals surface area contributed by atoms with Gasteiger partial charge in [0.2, 0.25) is 5.91 Å². The monoisotopic (exact) mass is 414 g/mol. The van der Waals surface area contributed by atoms with Crippen LogP contribution in [0.25, 0.3) is 5.70 Å². The van der Waals surface area contributed by atoms with Crippen LogP contribution in [0, 0.1) is 11.8 Å². The molecule has 4 N–H and O–H groups in total. The second kappa shape index (κ2) is 9.47. The van der Waals surface area contributed by atoms with Crippen LogP contribution in [0.4, 0.5) is 5.82 Å². The third kappa shape index (κ3) is 4.92. The van der Waals surface area contributed by atoms with Crippen molar-refractivity contribution in [3.8, 4) is 0 Å². The zero-order valence-corrected chi connectivity index (χ0v) is 18.6. The van der Waals surface area contributed by atoms with Gasteiger partial charge in [-0.25, -0.2) is 4.98 Å². The second-order valence-electron chi connectivity index (χ2n) is 8.40. The minimum Gasteiger partial charge on any atom is -0.403 e. The number of carbonyl (C=O) groups is 1. The number of hydrogen-bond donors (Lipinski definition) is 3. The van der Waals surface area contributed by atoms with E-state index in [0.717, 1.165) is 29.8 Å². The molecule has 4 atom stereocenters. The lowest BCUT2D eigenvalue weighted by atomic mass is 9.77. The first-order valence-electron chi connectivity index (χ1n) is 10.7. The van der Waals surface area contributed by atoms with Crippen LogP contribution in [0.15, 0.2) is 29.6 Å². The molecular formula is C22H34N6O2. The molecule has 8 heteroatoms. The fourth-order valence-electron chi connectivity index (χ4n) is 4.84. The summed E-state index contributed by atoms with van der Waals surface area (Å²) in [7, 11) is 1.79. The SMILES string of the molecule is CN/C(=C\N)c1ccc(NC(=O)CN2N=C(C)C(C3CC(C)OC(C)C3)C2C)nc1. The predicted octanol–water partition coefficient (Wildman–Crippen LogP) is 2.40. The molecule has 164 valence electrons. The van der Waals surface area contributed by atoms with Gasteiger partial charge in [0.1, 0.15) is 12.4 Å². The largest absolute Gasteiger partial charge is 0.403 e. The molecule has 0 bridgehead atoms. The molecule has 0 aliphatic carbocycles. The number of aromatic nitrogens is 1. The van der Waals surface area contributed by atoms with Crippen LogP contribution in [0.3, 0.4) is 0 Å². The number of nitrogens with one attached hydrogen (secondary N) is 2. The summed E-state index contributed by atoms with van der Waals surface area (Å²) in [6.45, 7) is 8.72. The molecule has 1 aromatic rings. The van der Waals surface area contributed by atoms with Gasteiger partial charge in [-0.2, -0.15) is 5.10 Å². The van der Waals surface area contributed by atoms with Crippen LogP contribution in [0.2, 0.25) is 0 Å². The number of ether oxygens (including phenoxy) is 1. The maximum absolute atomic E-state index is 12.6. The van der Waals surface area contributed by atoms with E-state index in [2.05, 4.69) is 43.3 Å². The molecule has 8 nitrogen and oxygen atoms in total. The highest BCUT2D eigenvalue weighted by Crippen LogP contribution is 2.37. The van der Waals surface area contributed by atoms with Crippen molar-refractivity contribution < 1.29 is 9.53 Å². The van der Waals surface area contributed by atoms with Gasteiger partial charge in [-0.05, 0) is 58.6 Å². The number of amides is 1. The Hall–Kier alpha value is -2.61. The summed E-state index contributed by atoms with van der Waals surface area (Å²) in [5.74, 6) is 1.26. The Balaban J connectivity index is 1.59. The Morgan fingerprint density at radius 2 is 2.00 bits per heavy atom. The average Bonchev–Trinajstić information content (AvgIpc) is 2.96. The number of hydrazone groups is 1. The summed E-state index contributed by atoms with van der Waals surface area (Å²) in [6.07, 6.45) is 5.77. The molecule has 1 aromatic heterocycles. The molecule has 2 aliphatic heterocycles. The predicted molar refractivity (Wildman–Crippen MR) is 120 cm³/mol. The maximum Gasteiger partial charge on any atom is 0.246 e. The van der Waals surface area contributed by atoms with Crippen LogP contribution in [-0.2, 0) is 9.53 Å². The number of rotatable bonds is 6. The number of anilines is 1. The van der Waals surface area contributed by atoms with E-state index in [1.54, 1.807) is 19.3 Å². The summed E-state index contributed by atoms with van der Waals surface area (Å²) < 4.78 is 5.90. The molecular weight excluding hydrogens is 380 g/mol. The topological polar surface area (TPSA) is 105 Å². The first-order valence-corrected chi connectivity index (χ1v) is 10.7. The minimum absolute atomic E-state index is 0.128. The number of hydrogen-bond acceptors (Lipinski definition) is 7. The quantitative estimate of drug-likeness (QED) is 0.660. The Morgan fingerprint density at radius 1 is 1.30 bits per heavy atom. The van der Waals surface area contributed by atoms with Crippen molar-refractivity contribution in [3.05, 3.63) is 30.1 Å².